The minimum atomic E-state index is -0.0792. The fraction of sp³-hybridized carbons (Fsp3) is 0.381. The van der Waals surface area contributed by atoms with Crippen molar-refractivity contribution in [1.29, 1.82) is 0 Å². The second-order valence-electron chi connectivity index (χ2n) is 7.00. The third-order valence-electron chi connectivity index (χ3n) is 5.24. The molecule has 0 radical (unpaired) electrons. The van der Waals surface area contributed by atoms with Crippen LogP contribution >= 0.6 is 11.6 Å². The van der Waals surface area contributed by atoms with Gasteiger partial charge in [0.05, 0.1) is 24.6 Å². The van der Waals surface area contributed by atoms with E-state index >= 15 is 0 Å². The highest BCUT2D eigenvalue weighted by Crippen LogP contribution is 2.30. The maximum Gasteiger partial charge on any atom is 0.322 e. The van der Waals surface area contributed by atoms with Crippen molar-refractivity contribution in [3.63, 3.8) is 0 Å². The number of hydrogen-bond donors (Lipinski definition) is 1. The molecule has 0 aromatic heterocycles. The molecule has 0 spiro atoms. The molecule has 2 heterocycles. The number of hydrogen-bond acceptors (Lipinski definition) is 4. The molecule has 2 aliphatic rings. The monoisotopic (exact) mass is 400 g/mol. The highest BCUT2D eigenvalue weighted by atomic mass is 35.5. The molecule has 2 fully saturated rings. The lowest BCUT2D eigenvalue weighted by atomic mass is 10.2. The number of benzene rings is 2. The van der Waals surface area contributed by atoms with Gasteiger partial charge in [0.2, 0.25) is 0 Å². The number of carbonyl (C=O) groups excluding carboxylic acids is 1. The molecule has 2 amide bonds. The molecule has 0 bridgehead atoms. The predicted octanol–water partition coefficient (Wildman–Crippen LogP) is 3.53. The van der Waals surface area contributed by atoms with Crippen molar-refractivity contribution in [2.45, 2.75) is 0 Å². The van der Waals surface area contributed by atoms with E-state index < -0.39 is 0 Å². The number of morpholine rings is 1. The first-order chi connectivity index (χ1) is 13.7. The second-order valence-corrected chi connectivity index (χ2v) is 7.44. The van der Waals surface area contributed by atoms with Gasteiger partial charge in [-0.15, -0.1) is 0 Å². The molecule has 6 nitrogen and oxygen atoms in total. The van der Waals surface area contributed by atoms with Gasteiger partial charge < -0.3 is 24.8 Å². The van der Waals surface area contributed by atoms with Crippen molar-refractivity contribution in [3.8, 4) is 0 Å². The summed E-state index contributed by atoms with van der Waals surface area (Å²) in [4.78, 5) is 19.3. The Hall–Kier alpha value is -2.44. The Morgan fingerprint density at radius 1 is 0.893 bits per heavy atom. The fourth-order valence-electron chi connectivity index (χ4n) is 3.69. The quantitative estimate of drug-likeness (QED) is 0.856. The van der Waals surface area contributed by atoms with E-state index in [0.717, 1.165) is 37.6 Å². The zero-order valence-corrected chi connectivity index (χ0v) is 16.6. The second kappa shape index (κ2) is 8.71. The van der Waals surface area contributed by atoms with E-state index in [9.17, 15) is 4.79 Å². The van der Waals surface area contributed by atoms with Crippen molar-refractivity contribution in [1.82, 2.24) is 4.90 Å². The van der Waals surface area contributed by atoms with Crippen LogP contribution in [0.2, 0.25) is 5.02 Å². The lowest BCUT2D eigenvalue weighted by Crippen LogP contribution is -2.50. The number of ether oxygens (including phenoxy) is 1. The lowest BCUT2D eigenvalue weighted by molar-refractivity contribution is 0.123. The van der Waals surface area contributed by atoms with Crippen LogP contribution in [-0.2, 0) is 4.74 Å². The minimum Gasteiger partial charge on any atom is -0.378 e. The molecule has 0 atom stereocenters. The molecule has 4 rings (SSSR count). The minimum absolute atomic E-state index is 0.0792. The SMILES string of the molecule is O=C(Nc1cc(Cl)ccc1N1CCOCC1)N1CCN(c2ccccc2)CC1. The van der Waals surface area contributed by atoms with Gasteiger partial charge >= 0.3 is 6.03 Å². The van der Waals surface area contributed by atoms with E-state index in [1.807, 2.05) is 41.3 Å². The number of halogens is 1. The van der Waals surface area contributed by atoms with Crippen LogP contribution in [0.15, 0.2) is 48.5 Å². The average molecular weight is 401 g/mol. The van der Waals surface area contributed by atoms with E-state index in [-0.39, 0.29) is 6.03 Å². The molecule has 0 aliphatic carbocycles. The number of carbonyl (C=O) groups is 1. The van der Waals surface area contributed by atoms with Crippen molar-refractivity contribution >= 4 is 34.7 Å². The van der Waals surface area contributed by atoms with Crippen LogP contribution < -0.4 is 15.1 Å². The van der Waals surface area contributed by atoms with Gasteiger partial charge in [0.1, 0.15) is 0 Å². The van der Waals surface area contributed by atoms with Gasteiger partial charge in [0, 0.05) is 50.0 Å². The number of anilines is 3. The average Bonchev–Trinajstić information content (AvgIpc) is 2.75. The van der Waals surface area contributed by atoms with E-state index in [4.69, 9.17) is 16.3 Å². The maximum absolute atomic E-state index is 12.9. The van der Waals surface area contributed by atoms with Gasteiger partial charge in [-0.1, -0.05) is 29.8 Å². The van der Waals surface area contributed by atoms with Crippen LogP contribution in [0, 0.1) is 0 Å². The van der Waals surface area contributed by atoms with Gasteiger partial charge in [-0.05, 0) is 30.3 Å². The summed E-state index contributed by atoms with van der Waals surface area (Å²) in [5.74, 6) is 0. The zero-order valence-electron chi connectivity index (χ0n) is 15.8. The zero-order chi connectivity index (χ0) is 19.3. The molecule has 2 aromatic rings. The predicted molar refractivity (Wildman–Crippen MR) is 114 cm³/mol. The molecule has 148 valence electrons. The standard InChI is InChI=1S/C21H25ClN4O2/c22-17-6-7-20(25-12-14-28-15-13-25)19(16-17)23-21(27)26-10-8-24(9-11-26)18-4-2-1-3-5-18/h1-7,16H,8-15H2,(H,23,27). The Balaban J connectivity index is 1.41. The van der Waals surface area contributed by atoms with Crippen LogP contribution in [0.4, 0.5) is 21.9 Å². The number of piperazine rings is 1. The molecule has 2 saturated heterocycles. The fourth-order valence-corrected chi connectivity index (χ4v) is 3.86. The molecule has 7 heteroatoms. The Labute approximate surface area is 170 Å². The summed E-state index contributed by atoms with van der Waals surface area (Å²) < 4.78 is 5.44. The largest absolute Gasteiger partial charge is 0.378 e. The molecular weight excluding hydrogens is 376 g/mol. The van der Waals surface area contributed by atoms with Gasteiger partial charge in [-0.2, -0.15) is 0 Å². The molecule has 2 aromatic carbocycles. The first kappa shape index (κ1) is 18.9. The summed E-state index contributed by atoms with van der Waals surface area (Å²) >= 11 is 6.20. The first-order valence-corrected chi connectivity index (χ1v) is 10.1. The molecule has 1 N–H and O–H groups in total. The van der Waals surface area contributed by atoms with E-state index in [2.05, 4.69) is 27.2 Å². The van der Waals surface area contributed by atoms with Crippen LogP contribution in [0.3, 0.4) is 0 Å². The van der Waals surface area contributed by atoms with Crippen molar-refractivity contribution < 1.29 is 9.53 Å². The summed E-state index contributed by atoms with van der Waals surface area (Å²) in [6.45, 7) is 6.02. The molecule has 0 saturated carbocycles. The maximum atomic E-state index is 12.9. The summed E-state index contributed by atoms with van der Waals surface area (Å²) in [6.07, 6.45) is 0. The smallest absolute Gasteiger partial charge is 0.322 e. The van der Waals surface area contributed by atoms with Crippen LogP contribution in [0.1, 0.15) is 0 Å². The summed E-state index contributed by atoms with van der Waals surface area (Å²) in [7, 11) is 0. The van der Waals surface area contributed by atoms with Crippen molar-refractivity contribution in [2.75, 3.05) is 67.6 Å². The summed E-state index contributed by atoms with van der Waals surface area (Å²) in [5, 5.41) is 3.69. The Morgan fingerprint density at radius 3 is 2.32 bits per heavy atom. The van der Waals surface area contributed by atoms with Gasteiger partial charge in [-0.3, -0.25) is 0 Å². The first-order valence-electron chi connectivity index (χ1n) is 9.69. The van der Waals surface area contributed by atoms with Crippen LogP contribution in [0.25, 0.3) is 0 Å². The molecular formula is C21H25ClN4O2. The van der Waals surface area contributed by atoms with Gasteiger partial charge in [0.15, 0.2) is 0 Å². The van der Waals surface area contributed by atoms with Crippen molar-refractivity contribution in [3.05, 3.63) is 53.6 Å². The topological polar surface area (TPSA) is 48.1 Å². The summed E-state index contributed by atoms with van der Waals surface area (Å²) in [5.41, 5.74) is 2.95. The Kier molecular flexibility index (Phi) is 5.88. The van der Waals surface area contributed by atoms with Crippen LogP contribution in [-0.4, -0.2) is 63.4 Å². The Bertz CT molecular complexity index is 803. The Morgan fingerprint density at radius 2 is 1.61 bits per heavy atom. The van der Waals surface area contributed by atoms with Gasteiger partial charge in [0.25, 0.3) is 0 Å². The number of urea groups is 1. The molecule has 28 heavy (non-hydrogen) atoms. The molecule has 0 unspecified atom stereocenters. The number of amides is 2. The van der Waals surface area contributed by atoms with Gasteiger partial charge in [-0.25, -0.2) is 4.79 Å². The highest BCUT2D eigenvalue weighted by Gasteiger charge is 2.23. The van der Waals surface area contributed by atoms with E-state index in [0.29, 0.717) is 31.3 Å². The van der Waals surface area contributed by atoms with E-state index in [1.165, 1.54) is 5.69 Å². The lowest BCUT2D eigenvalue weighted by Gasteiger charge is -2.36. The van der Waals surface area contributed by atoms with Crippen molar-refractivity contribution in [2.24, 2.45) is 0 Å². The summed E-state index contributed by atoms with van der Waals surface area (Å²) in [6, 6.07) is 15.9. The molecule has 2 aliphatic heterocycles. The number of para-hydroxylation sites is 1. The normalized spacial score (nSPS) is 17.5. The number of nitrogens with one attached hydrogen (secondary N) is 1. The third kappa shape index (κ3) is 4.34. The van der Waals surface area contributed by atoms with E-state index in [1.54, 1.807) is 0 Å². The number of nitrogens with zero attached hydrogens (tertiary/aromatic N) is 3. The third-order valence-corrected chi connectivity index (χ3v) is 5.48. The van der Waals surface area contributed by atoms with Crippen LogP contribution in [0.5, 0.6) is 0 Å². The number of rotatable bonds is 3. The highest BCUT2D eigenvalue weighted by molar-refractivity contribution is 6.31.